The van der Waals surface area contributed by atoms with E-state index in [1.807, 2.05) is 37.1 Å². The number of ketones is 1. The van der Waals surface area contributed by atoms with Gasteiger partial charge in [-0.1, -0.05) is 13.0 Å². The van der Waals surface area contributed by atoms with Crippen LogP contribution in [0.3, 0.4) is 0 Å². The van der Waals surface area contributed by atoms with E-state index in [4.69, 9.17) is 4.74 Å². The molecular formula is C24H29N5O3. The van der Waals surface area contributed by atoms with E-state index in [2.05, 4.69) is 15.1 Å². The Hall–Kier alpha value is -3.29. The Morgan fingerprint density at radius 1 is 1.19 bits per heavy atom. The fraction of sp³-hybridized carbons (Fsp3) is 0.458. The molecule has 3 aromatic rings. The first-order chi connectivity index (χ1) is 15.5. The molecule has 1 amide bonds. The molecule has 168 valence electrons. The summed E-state index contributed by atoms with van der Waals surface area (Å²) in [6, 6.07) is 5.65. The molecule has 1 aliphatic heterocycles. The summed E-state index contributed by atoms with van der Waals surface area (Å²) in [7, 11) is 3.42. The number of Topliss-reactive ketones (excluding diaryl/α,β-unsaturated/α-hetero) is 1. The van der Waals surface area contributed by atoms with Gasteiger partial charge in [0.1, 0.15) is 11.3 Å². The summed E-state index contributed by atoms with van der Waals surface area (Å²) in [5.74, 6) is 0.607. The van der Waals surface area contributed by atoms with Gasteiger partial charge in [-0.05, 0) is 37.0 Å². The van der Waals surface area contributed by atoms with Gasteiger partial charge in [0.05, 0.1) is 18.4 Å². The van der Waals surface area contributed by atoms with Gasteiger partial charge in [-0.15, -0.1) is 0 Å². The molecule has 0 radical (unpaired) electrons. The average molecular weight is 436 g/mol. The molecule has 1 aliphatic rings. The van der Waals surface area contributed by atoms with Gasteiger partial charge in [0.15, 0.2) is 11.4 Å². The van der Waals surface area contributed by atoms with Crippen LogP contribution in [-0.2, 0) is 18.3 Å². The Morgan fingerprint density at radius 2 is 2.00 bits per heavy atom. The minimum Gasteiger partial charge on any atom is -0.496 e. The first-order valence-corrected chi connectivity index (χ1v) is 11.1. The molecule has 1 unspecified atom stereocenters. The van der Waals surface area contributed by atoms with Crippen LogP contribution in [-0.4, -0.2) is 56.5 Å². The molecule has 3 heterocycles. The van der Waals surface area contributed by atoms with Crippen molar-refractivity contribution < 1.29 is 14.3 Å². The van der Waals surface area contributed by atoms with Gasteiger partial charge in [-0.2, -0.15) is 5.10 Å². The predicted molar refractivity (Wildman–Crippen MR) is 121 cm³/mol. The van der Waals surface area contributed by atoms with Crippen LogP contribution in [0, 0.1) is 0 Å². The normalized spacial score (nSPS) is 16.3. The Kier molecular flexibility index (Phi) is 6.48. The molecule has 2 aromatic heterocycles. The summed E-state index contributed by atoms with van der Waals surface area (Å²) in [4.78, 5) is 36.5. The van der Waals surface area contributed by atoms with Gasteiger partial charge >= 0.3 is 0 Å². The van der Waals surface area contributed by atoms with Gasteiger partial charge in [0.25, 0.3) is 0 Å². The number of piperidine rings is 1. The first kappa shape index (κ1) is 21.9. The number of fused-ring (bicyclic) bond motifs is 1. The van der Waals surface area contributed by atoms with Crippen molar-refractivity contribution in [2.45, 2.75) is 44.9 Å². The van der Waals surface area contributed by atoms with Gasteiger partial charge in [0.2, 0.25) is 5.91 Å². The second-order valence-electron chi connectivity index (χ2n) is 8.23. The van der Waals surface area contributed by atoms with E-state index in [-0.39, 0.29) is 30.4 Å². The lowest BCUT2D eigenvalue weighted by atomic mass is 9.93. The highest BCUT2D eigenvalue weighted by Gasteiger charge is 2.29. The van der Waals surface area contributed by atoms with Crippen molar-refractivity contribution in [1.29, 1.82) is 0 Å². The number of nitrogens with zero attached hydrogens (tertiary/aromatic N) is 5. The smallest absolute Gasteiger partial charge is 0.223 e. The number of methoxy groups -OCH3 is 1. The maximum absolute atomic E-state index is 12.9. The number of likely N-dealkylation sites (tertiary alicyclic amines) is 1. The maximum atomic E-state index is 12.9. The van der Waals surface area contributed by atoms with Crippen LogP contribution in [0.15, 0.2) is 30.6 Å². The third-order valence-corrected chi connectivity index (χ3v) is 6.19. The topological polar surface area (TPSA) is 90.2 Å². The van der Waals surface area contributed by atoms with Crippen molar-refractivity contribution in [3.63, 3.8) is 0 Å². The van der Waals surface area contributed by atoms with Crippen LogP contribution in [0.25, 0.3) is 11.2 Å². The molecule has 0 saturated carbocycles. The number of benzene rings is 1. The zero-order valence-electron chi connectivity index (χ0n) is 18.9. The standard InChI is InChI=1S/C24H29N5O3/c1-4-16-7-9-20(32-3)18(14-16)19(30)8-10-21(31)29-13-5-6-17(15-29)22-23-24(28(2)27-22)26-12-11-25-23/h7,9,11-12,14,17H,4-6,8,10,13,15H2,1-3H3. The van der Waals surface area contributed by atoms with E-state index in [1.54, 1.807) is 24.2 Å². The molecule has 1 fully saturated rings. The van der Waals surface area contributed by atoms with E-state index in [0.29, 0.717) is 24.4 Å². The third-order valence-electron chi connectivity index (χ3n) is 6.19. The van der Waals surface area contributed by atoms with E-state index < -0.39 is 0 Å². The number of hydrogen-bond donors (Lipinski definition) is 0. The average Bonchev–Trinajstić information content (AvgIpc) is 3.18. The minimum atomic E-state index is -0.0648. The number of carbonyl (C=O) groups is 2. The van der Waals surface area contributed by atoms with E-state index in [0.717, 1.165) is 41.7 Å². The number of amides is 1. The Balaban J connectivity index is 1.42. The maximum Gasteiger partial charge on any atom is 0.223 e. The molecular weight excluding hydrogens is 406 g/mol. The van der Waals surface area contributed by atoms with Crippen LogP contribution in [0.2, 0.25) is 0 Å². The van der Waals surface area contributed by atoms with Crippen LogP contribution < -0.4 is 4.74 Å². The van der Waals surface area contributed by atoms with E-state index in [1.165, 1.54) is 0 Å². The molecule has 8 heteroatoms. The highest BCUT2D eigenvalue weighted by molar-refractivity contribution is 6.00. The predicted octanol–water partition coefficient (Wildman–Crippen LogP) is 3.30. The lowest BCUT2D eigenvalue weighted by Gasteiger charge is -2.32. The SMILES string of the molecule is CCc1ccc(OC)c(C(=O)CCC(=O)N2CCCC(c3nn(C)c4nccnc34)C2)c1. The van der Waals surface area contributed by atoms with Crippen LogP contribution in [0.1, 0.15) is 60.1 Å². The molecule has 4 rings (SSSR count). The van der Waals surface area contributed by atoms with Crippen molar-refractivity contribution in [1.82, 2.24) is 24.6 Å². The molecule has 0 spiro atoms. The Morgan fingerprint density at radius 3 is 2.78 bits per heavy atom. The van der Waals surface area contributed by atoms with Gasteiger partial charge in [-0.25, -0.2) is 14.6 Å². The largest absolute Gasteiger partial charge is 0.496 e. The second-order valence-corrected chi connectivity index (χ2v) is 8.23. The highest BCUT2D eigenvalue weighted by atomic mass is 16.5. The number of aromatic nitrogens is 4. The molecule has 0 bridgehead atoms. The summed E-state index contributed by atoms with van der Waals surface area (Å²) in [5.41, 5.74) is 4.07. The molecule has 1 atom stereocenters. The first-order valence-electron chi connectivity index (χ1n) is 11.1. The monoisotopic (exact) mass is 435 g/mol. The Labute approximate surface area is 187 Å². The van der Waals surface area contributed by atoms with Crippen LogP contribution >= 0.6 is 0 Å². The number of carbonyl (C=O) groups excluding carboxylic acids is 2. The summed E-state index contributed by atoms with van der Waals surface area (Å²) in [6.07, 6.45) is 6.38. The van der Waals surface area contributed by atoms with Crippen molar-refractivity contribution >= 4 is 22.9 Å². The van der Waals surface area contributed by atoms with Gasteiger partial charge in [0, 0.05) is 51.3 Å². The van der Waals surface area contributed by atoms with E-state index in [9.17, 15) is 9.59 Å². The summed E-state index contributed by atoms with van der Waals surface area (Å²) >= 11 is 0. The molecule has 0 aliphatic carbocycles. The van der Waals surface area contributed by atoms with Gasteiger partial charge < -0.3 is 9.64 Å². The minimum absolute atomic E-state index is 0.0000150. The Bertz CT molecular complexity index is 1140. The zero-order chi connectivity index (χ0) is 22.7. The van der Waals surface area contributed by atoms with Crippen molar-refractivity contribution in [2.75, 3.05) is 20.2 Å². The summed E-state index contributed by atoms with van der Waals surface area (Å²) < 4.78 is 7.10. The third kappa shape index (κ3) is 4.35. The van der Waals surface area contributed by atoms with Gasteiger partial charge in [-0.3, -0.25) is 9.59 Å². The van der Waals surface area contributed by atoms with Crippen molar-refractivity contribution in [3.05, 3.63) is 47.4 Å². The fourth-order valence-corrected chi connectivity index (χ4v) is 4.41. The lowest BCUT2D eigenvalue weighted by Crippen LogP contribution is -2.39. The quantitative estimate of drug-likeness (QED) is 0.529. The van der Waals surface area contributed by atoms with Crippen molar-refractivity contribution in [2.24, 2.45) is 7.05 Å². The highest BCUT2D eigenvalue weighted by Crippen LogP contribution is 2.30. The summed E-state index contributed by atoms with van der Waals surface area (Å²) in [5, 5.41) is 4.64. The van der Waals surface area contributed by atoms with Crippen LogP contribution in [0.5, 0.6) is 5.75 Å². The number of rotatable bonds is 7. The number of ether oxygens (including phenoxy) is 1. The van der Waals surface area contributed by atoms with Crippen LogP contribution in [0.4, 0.5) is 0 Å². The molecule has 8 nitrogen and oxygen atoms in total. The van der Waals surface area contributed by atoms with E-state index >= 15 is 0 Å². The second kappa shape index (κ2) is 9.46. The number of hydrogen-bond acceptors (Lipinski definition) is 6. The fourth-order valence-electron chi connectivity index (χ4n) is 4.41. The number of aryl methyl sites for hydroxylation is 2. The zero-order valence-corrected chi connectivity index (χ0v) is 18.9. The molecule has 1 saturated heterocycles. The molecule has 32 heavy (non-hydrogen) atoms. The summed E-state index contributed by atoms with van der Waals surface area (Å²) in [6.45, 7) is 3.34. The molecule has 0 N–H and O–H groups in total. The molecule has 1 aromatic carbocycles. The lowest BCUT2D eigenvalue weighted by molar-refractivity contribution is -0.132. The van der Waals surface area contributed by atoms with Crippen molar-refractivity contribution in [3.8, 4) is 5.75 Å².